The second-order valence-electron chi connectivity index (χ2n) is 7.51. The summed E-state index contributed by atoms with van der Waals surface area (Å²) in [4.78, 5) is 9.05. The first-order valence-corrected chi connectivity index (χ1v) is 12.4. The lowest BCUT2D eigenvalue weighted by Crippen LogP contribution is -2.12. The van der Waals surface area contributed by atoms with Crippen molar-refractivity contribution in [3.8, 4) is 16.8 Å². The second kappa shape index (κ2) is 8.73. The molecule has 3 aromatic carbocycles. The average molecular weight is 510 g/mol. The molecule has 0 fully saturated rings. The van der Waals surface area contributed by atoms with Crippen LogP contribution in [0.2, 0.25) is 10.0 Å². The molecule has 0 unspecified atom stereocenters. The summed E-state index contributed by atoms with van der Waals surface area (Å²) in [5.41, 5.74) is 3.97. The summed E-state index contributed by atoms with van der Waals surface area (Å²) in [7, 11) is -3.80. The van der Waals surface area contributed by atoms with Gasteiger partial charge >= 0.3 is 0 Å². The van der Waals surface area contributed by atoms with Crippen molar-refractivity contribution in [2.24, 2.45) is 5.14 Å². The maximum atomic E-state index is 11.7. The number of sulfonamides is 1. The Kier molecular flexibility index (Phi) is 5.75. The van der Waals surface area contributed by atoms with E-state index in [2.05, 4.69) is 15.3 Å². The Morgan fingerprint density at radius 1 is 0.824 bits per heavy atom. The van der Waals surface area contributed by atoms with Gasteiger partial charge in [-0.05, 0) is 66.2 Å². The fourth-order valence-corrected chi connectivity index (χ4v) is 4.44. The molecule has 0 aliphatic heterocycles. The Hall–Kier alpha value is -3.43. The number of nitrogens with one attached hydrogen (secondary N) is 1. The third-order valence-corrected chi connectivity index (χ3v) is 6.72. The topological polar surface area (TPSA) is 103 Å². The van der Waals surface area contributed by atoms with Gasteiger partial charge in [0.05, 0.1) is 10.3 Å². The summed E-state index contributed by atoms with van der Waals surface area (Å²) in [5.74, 6) is 0.608. The van der Waals surface area contributed by atoms with Gasteiger partial charge in [0, 0.05) is 33.2 Å². The lowest BCUT2D eigenvalue weighted by atomic mass is 10.1. The van der Waals surface area contributed by atoms with Crippen LogP contribution in [-0.2, 0) is 10.0 Å². The van der Waals surface area contributed by atoms with Gasteiger partial charge in [-0.1, -0.05) is 35.3 Å². The van der Waals surface area contributed by atoms with Crippen LogP contribution in [0.15, 0.2) is 90.2 Å². The van der Waals surface area contributed by atoms with Crippen molar-refractivity contribution in [1.29, 1.82) is 0 Å². The monoisotopic (exact) mass is 509 g/mol. The van der Waals surface area contributed by atoms with Crippen molar-refractivity contribution < 1.29 is 8.42 Å². The first-order valence-electron chi connectivity index (χ1n) is 10.1. The van der Waals surface area contributed by atoms with Crippen LogP contribution in [0.1, 0.15) is 0 Å². The highest BCUT2D eigenvalue weighted by molar-refractivity contribution is 7.89. The highest BCUT2D eigenvalue weighted by atomic mass is 35.5. The van der Waals surface area contributed by atoms with Gasteiger partial charge in [-0.25, -0.2) is 23.5 Å². The maximum Gasteiger partial charge on any atom is 0.238 e. The van der Waals surface area contributed by atoms with E-state index in [9.17, 15) is 8.42 Å². The fraction of sp³-hybridized carbons (Fsp3) is 0. The Morgan fingerprint density at radius 2 is 1.44 bits per heavy atom. The van der Waals surface area contributed by atoms with Gasteiger partial charge in [0.2, 0.25) is 10.0 Å². The van der Waals surface area contributed by atoms with Crippen molar-refractivity contribution in [1.82, 2.24) is 14.5 Å². The number of halogens is 2. The van der Waals surface area contributed by atoms with Crippen LogP contribution in [0.25, 0.3) is 27.8 Å². The van der Waals surface area contributed by atoms with Gasteiger partial charge in [-0.3, -0.25) is 0 Å². The van der Waals surface area contributed by atoms with E-state index in [0.29, 0.717) is 27.2 Å². The summed E-state index contributed by atoms with van der Waals surface area (Å²) in [5, 5.41) is 10.6. The van der Waals surface area contributed by atoms with Crippen LogP contribution >= 0.6 is 23.2 Å². The van der Waals surface area contributed by atoms with Crippen LogP contribution < -0.4 is 10.5 Å². The highest BCUT2D eigenvalue weighted by Gasteiger charge is 2.18. The molecule has 5 aromatic rings. The van der Waals surface area contributed by atoms with E-state index in [1.165, 1.54) is 18.5 Å². The zero-order chi connectivity index (χ0) is 23.9. The largest absolute Gasteiger partial charge is 0.340 e. The minimum Gasteiger partial charge on any atom is -0.340 e. The second-order valence-corrected chi connectivity index (χ2v) is 9.95. The smallest absolute Gasteiger partial charge is 0.238 e. The SMILES string of the molecule is NS(=O)(=O)c1ccc(-n2cc(-c3ccc(Cl)cc3)c3c(Nc4ccc(Cl)cc4)ncnc32)cc1. The molecule has 0 saturated heterocycles. The molecule has 2 aromatic heterocycles. The third kappa shape index (κ3) is 4.36. The van der Waals surface area contributed by atoms with E-state index in [0.717, 1.165) is 22.2 Å². The van der Waals surface area contributed by atoms with E-state index in [1.54, 1.807) is 24.3 Å². The summed E-state index contributed by atoms with van der Waals surface area (Å²) in [6.07, 6.45) is 3.41. The molecular weight excluding hydrogens is 493 g/mol. The number of fused-ring (bicyclic) bond motifs is 1. The van der Waals surface area contributed by atoms with Crippen LogP contribution in [-0.4, -0.2) is 23.0 Å². The van der Waals surface area contributed by atoms with Crippen molar-refractivity contribution in [3.05, 3.63) is 95.4 Å². The molecule has 2 heterocycles. The van der Waals surface area contributed by atoms with Gasteiger partial charge in [0.1, 0.15) is 12.1 Å². The quantitative estimate of drug-likeness (QED) is 0.312. The standard InChI is InChI=1S/C24H17Cl2N5O2S/c25-16-3-1-15(2-4-16)21-13-31(19-9-11-20(12-10-19)34(27,32)33)24-22(21)23(28-14-29-24)30-18-7-5-17(26)6-8-18/h1-14H,(H2,27,32,33)(H,28,29,30). The number of primary sulfonamides is 1. The summed E-state index contributed by atoms with van der Waals surface area (Å²) in [6, 6.07) is 21.1. The summed E-state index contributed by atoms with van der Waals surface area (Å²) < 4.78 is 25.2. The van der Waals surface area contributed by atoms with Gasteiger partial charge in [0.15, 0.2) is 5.65 Å². The van der Waals surface area contributed by atoms with E-state index in [4.69, 9.17) is 28.3 Å². The van der Waals surface area contributed by atoms with Crippen molar-refractivity contribution in [2.75, 3.05) is 5.32 Å². The Morgan fingerprint density at radius 3 is 2.06 bits per heavy atom. The number of rotatable bonds is 5. The molecule has 3 N–H and O–H groups in total. The number of benzene rings is 3. The number of aromatic nitrogens is 3. The molecule has 34 heavy (non-hydrogen) atoms. The normalized spacial score (nSPS) is 11.6. The van der Waals surface area contributed by atoms with Crippen LogP contribution in [0.4, 0.5) is 11.5 Å². The van der Waals surface area contributed by atoms with Gasteiger partial charge in [-0.2, -0.15) is 0 Å². The lowest BCUT2D eigenvalue weighted by Gasteiger charge is -2.09. The minimum atomic E-state index is -3.80. The van der Waals surface area contributed by atoms with Gasteiger partial charge < -0.3 is 9.88 Å². The Bertz CT molecular complexity index is 1600. The molecule has 0 bridgehead atoms. The van der Waals surface area contributed by atoms with E-state index >= 15 is 0 Å². The molecule has 0 radical (unpaired) electrons. The van der Waals surface area contributed by atoms with Crippen molar-refractivity contribution >= 4 is 55.8 Å². The molecule has 0 amide bonds. The molecule has 0 aliphatic carbocycles. The predicted octanol–water partition coefficient (Wildman–Crippen LogP) is 5.79. The molecule has 0 spiro atoms. The molecular formula is C24H17Cl2N5O2S. The van der Waals surface area contributed by atoms with Crippen LogP contribution in [0, 0.1) is 0 Å². The molecule has 0 atom stereocenters. The first-order chi connectivity index (χ1) is 16.3. The number of nitrogens with two attached hydrogens (primary N) is 1. The first kappa shape index (κ1) is 22.4. The molecule has 10 heteroatoms. The summed E-state index contributed by atoms with van der Waals surface area (Å²) in [6.45, 7) is 0. The van der Waals surface area contributed by atoms with E-state index < -0.39 is 10.0 Å². The van der Waals surface area contributed by atoms with Crippen LogP contribution in [0.5, 0.6) is 0 Å². The average Bonchev–Trinajstić information content (AvgIpc) is 3.21. The zero-order valence-electron chi connectivity index (χ0n) is 17.5. The number of hydrogen-bond donors (Lipinski definition) is 2. The fourth-order valence-electron chi connectivity index (χ4n) is 3.67. The van der Waals surface area contributed by atoms with E-state index in [1.807, 2.05) is 47.2 Å². The molecule has 5 rings (SSSR count). The number of nitrogens with zero attached hydrogens (tertiary/aromatic N) is 3. The predicted molar refractivity (Wildman–Crippen MR) is 135 cm³/mol. The molecule has 170 valence electrons. The third-order valence-electron chi connectivity index (χ3n) is 5.29. The minimum absolute atomic E-state index is 0.0327. The molecule has 7 nitrogen and oxygen atoms in total. The van der Waals surface area contributed by atoms with E-state index in [-0.39, 0.29) is 4.90 Å². The number of anilines is 2. The maximum absolute atomic E-state index is 11.7. The Labute approximate surface area is 205 Å². The highest BCUT2D eigenvalue weighted by Crippen LogP contribution is 2.37. The molecule has 0 aliphatic rings. The lowest BCUT2D eigenvalue weighted by molar-refractivity contribution is 0.598. The molecule has 0 saturated carbocycles. The van der Waals surface area contributed by atoms with Gasteiger partial charge in [-0.15, -0.1) is 0 Å². The Balaban J connectivity index is 1.71. The van der Waals surface area contributed by atoms with Crippen molar-refractivity contribution in [2.45, 2.75) is 4.90 Å². The van der Waals surface area contributed by atoms with Crippen LogP contribution in [0.3, 0.4) is 0 Å². The zero-order valence-corrected chi connectivity index (χ0v) is 19.8. The van der Waals surface area contributed by atoms with Gasteiger partial charge in [0.25, 0.3) is 0 Å². The number of hydrogen-bond acceptors (Lipinski definition) is 5. The summed E-state index contributed by atoms with van der Waals surface area (Å²) >= 11 is 12.1. The van der Waals surface area contributed by atoms with Crippen molar-refractivity contribution in [3.63, 3.8) is 0 Å².